The first-order valence-electron chi connectivity index (χ1n) is 23.0. The van der Waals surface area contributed by atoms with Crippen molar-refractivity contribution in [2.24, 2.45) is 0 Å². The molecule has 0 saturated carbocycles. The zero-order valence-corrected chi connectivity index (χ0v) is 40.2. The fraction of sp³-hybridized carbons (Fsp3) is 0.279. The van der Waals surface area contributed by atoms with Gasteiger partial charge in [-0.25, -0.2) is 9.67 Å². The van der Waals surface area contributed by atoms with Crippen molar-refractivity contribution in [3.05, 3.63) is 196 Å². The highest BCUT2D eigenvalue weighted by atomic mass is 15.4. The van der Waals surface area contributed by atoms with Crippen LogP contribution in [-0.2, 0) is 21.7 Å². The summed E-state index contributed by atoms with van der Waals surface area (Å²) in [4.78, 5) is 5.09. The molecule has 0 atom stereocenters. The molecule has 0 N–H and O–H groups in total. The van der Waals surface area contributed by atoms with Crippen molar-refractivity contribution < 1.29 is 0 Å². The van der Waals surface area contributed by atoms with Gasteiger partial charge >= 0.3 is 0 Å². The fourth-order valence-electron chi connectivity index (χ4n) is 9.97. The molecular formula is C61H63N3. The first-order chi connectivity index (χ1) is 30.2. The molecule has 8 aromatic rings. The first kappa shape index (κ1) is 43.0. The van der Waals surface area contributed by atoms with Crippen LogP contribution < -0.4 is 0 Å². The minimum atomic E-state index is -0.250. The van der Waals surface area contributed by atoms with Gasteiger partial charge in [0.2, 0.25) is 0 Å². The van der Waals surface area contributed by atoms with Crippen LogP contribution in [0.25, 0.3) is 61.6 Å². The molecule has 0 bridgehead atoms. The second kappa shape index (κ2) is 15.4. The summed E-state index contributed by atoms with van der Waals surface area (Å²) in [5.74, 6) is 1.59. The largest absolute Gasteiger partial charge is 0.212 e. The SMILES string of the molecule is Cc1nc(-c2cccc(C(C)(C)c3ccc4c(c3)C(C)(C)c3ccccc3-4)c2)n(-c2c(C)cc(-c3cc(-c4ccc(C(C)(C)C)cc4)cc(-c4ccc(C(C)(C)C)cc4)c3)cc2C)n1. The van der Waals surface area contributed by atoms with Crippen LogP contribution in [0.4, 0.5) is 0 Å². The van der Waals surface area contributed by atoms with Crippen LogP contribution >= 0.6 is 0 Å². The normalized spacial score (nSPS) is 13.5. The topological polar surface area (TPSA) is 30.7 Å². The lowest BCUT2D eigenvalue weighted by molar-refractivity contribution is 0.590. The quantitative estimate of drug-likeness (QED) is 0.160. The van der Waals surface area contributed by atoms with Gasteiger partial charge in [0.15, 0.2) is 5.82 Å². The minimum absolute atomic E-state index is 0.0547. The average molecular weight is 838 g/mol. The molecule has 1 heterocycles. The average Bonchev–Trinajstić information content (AvgIpc) is 3.76. The summed E-state index contributed by atoms with van der Waals surface area (Å²) in [6, 6.07) is 54.9. The van der Waals surface area contributed by atoms with Gasteiger partial charge in [0.05, 0.1) is 5.69 Å². The molecule has 0 amide bonds. The third kappa shape index (κ3) is 7.63. The third-order valence-electron chi connectivity index (χ3n) is 14.0. The first-order valence-corrected chi connectivity index (χ1v) is 23.0. The maximum absolute atomic E-state index is 5.09. The number of aryl methyl sites for hydroxylation is 3. The zero-order valence-electron chi connectivity index (χ0n) is 40.2. The van der Waals surface area contributed by atoms with Crippen LogP contribution in [0.5, 0.6) is 0 Å². The summed E-state index contributed by atoms with van der Waals surface area (Å²) < 4.78 is 2.07. The lowest BCUT2D eigenvalue weighted by Gasteiger charge is -2.29. The van der Waals surface area contributed by atoms with E-state index in [-0.39, 0.29) is 21.7 Å². The van der Waals surface area contributed by atoms with Gasteiger partial charge in [-0.1, -0.05) is 178 Å². The predicted molar refractivity (Wildman–Crippen MR) is 271 cm³/mol. The van der Waals surface area contributed by atoms with E-state index in [0.717, 1.165) is 34.0 Å². The number of hydrogen-bond acceptors (Lipinski definition) is 2. The molecule has 0 fully saturated rings. The Bertz CT molecular complexity index is 2970. The van der Waals surface area contributed by atoms with Gasteiger partial charge in [0.1, 0.15) is 5.82 Å². The van der Waals surface area contributed by atoms with Gasteiger partial charge in [-0.2, -0.15) is 5.10 Å². The van der Waals surface area contributed by atoms with E-state index in [2.05, 4.69) is 233 Å². The van der Waals surface area contributed by atoms with E-state index >= 15 is 0 Å². The van der Waals surface area contributed by atoms with Gasteiger partial charge < -0.3 is 0 Å². The highest BCUT2D eigenvalue weighted by molar-refractivity contribution is 5.83. The Morgan fingerprint density at radius 3 is 1.47 bits per heavy atom. The molecule has 1 aliphatic carbocycles. The van der Waals surface area contributed by atoms with Crippen LogP contribution in [0.3, 0.4) is 0 Å². The second-order valence-corrected chi connectivity index (χ2v) is 21.4. The molecule has 0 radical (unpaired) electrons. The van der Waals surface area contributed by atoms with E-state index in [0.29, 0.717) is 0 Å². The molecular weight excluding hydrogens is 775 g/mol. The smallest absolute Gasteiger partial charge is 0.163 e. The lowest BCUT2D eigenvalue weighted by atomic mass is 9.75. The van der Waals surface area contributed by atoms with Crippen LogP contribution in [0.15, 0.2) is 146 Å². The van der Waals surface area contributed by atoms with Crippen molar-refractivity contribution in [3.8, 4) is 61.6 Å². The van der Waals surface area contributed by atoms with Crippen molar-refractivity contribution in [3.63, 3.8) is 0 Å². The van der Waals surface area contributed by atoms with E-state index in [4.69, 9.17) is 10.1 Å². The maximum atomic E-state index is 5.09. The van der Waals surface area contributed by atoms with Crippen molar-refractivity contribution in [1.29, 1.82) is 0 Å². The number of benzene rings is 7. The van der Waals surface area contributed by atoms with E-state index in [1.807, 2.05) is 6.92 Å². The number of fused-ring (bicyclic) bond motifs is 3. The van der Waals surface area contributed by atoms with Crippen LogP contribution in [-0.4, -0.2) is 14.8 Å². The Hall–Kier alpha value is -6.32. The molecule has 0 unspecified atom stereocenters. The minimum Gasteiger partial charge on any atom is -0.212 e. The summed E-state index contributed by atoms with van der Waals surface area (Å²) in [5, 5.41) is 5.07. The number of nitrogens with zero attached hydrogens (tertiary/aromatic N) is 3. The van der Waals surface area contributed by atoms with Gasteiger partial charge in [-0.3, -0.25) is 0 Å². The molecule has 1 aliphatic rings. The van der Waals surface area contributed by atoms with Crippen molar-refractivity contribution in [2.75, 3.05) is 0 Å². The van der Waals surface area contributed by atoms with E-state index < -0.39 is 0 Å². The monoisotopic (exact) mass is 838 g/mol. The Labute approximate surface area is 382 Å². The molecule has 322 valence electrons. The molecule has 64 heavy (non-hydrogen) atoms. The van der Waals surface area contributed by atoms with Gasteiger partial charge in [-0.15, -0.1) is 0 Å². The molecule has 9 rings (SSSR count). The lowest BCUT2D eigenvalue weighted by Crippen LogP contribution is -2.21. The molecule has 3 nitrogen and oxygen atoms in total. The highest BCUT2D eigenvalue weighted by Gasteiger charge is 2.37. The van der Waals surface area contributed by atoms with Crippen LogP contribution in [0.1, 0.15) is 120 Å². The van der Waals surface area contributed by atoms with Crippen LogP contribution in [0.2, 0.25) is 0 Å². The maximum Gasteiger partial charge on any atom is 0.163 e. The Kier molecular flexibility index (Phi) is 10.4. The molecule has 0 spiro atoms. The van der Waals surface area contributed by atoms with Crippen LogP contribution in [0, 0.1) is 20.8 Å². The Balaban J connectivity index is 1.09. The van der Waals surface area contributed by atoms with E-state index in [9.17, 15) is 0 Å². The molecule has 1 aromatic heterocycles. The summed E-state index contributed by atoms with van der Waals surface area (Å²) in [7, 11) is 0. The molecule has 7 aromatic carbocycles. The number of rotatable bonds is 7. The van der Waals surface area contributed by atoms with Crippen molar-refractivity contribution >= 4 is 0 Å². The highest BCUT2D eigenvalue weighted by Crippen LogP contribution is 2.50. The van der Waals surface area contributed by atoms with Gasteiger partial charge in [0, 0.05) is 16.4 Å². The summed E-state index contributed by atoms with van der Waals surface area (Å²) in [5.41, 5.74) is 22.2. The molecule has 3 heteroatoms. The fourth-order valence-corrected chi connectivity index (χ4v) is 9.97. The van der Waals surface area contributed by atoms with Gasteiger partial charge in [-0.05, 0) is 157 Å². The molecule has 0 saturated heterocycles. The number of aromatic nitrogens is 3. The third-order valence-corrected chi connectivity index (χ3v) is 14.0. The zero-order chi connectivity index (χ0) is 45.5. The second-order valence-electron chi connectivity index (χ2n) is 21.4. The predicted octanol–water partition coefficient (Wildman–Crippen LogP) is 16.1. The van der Waals surface area contributed by atoms with E-state index in [1.54, 1.807) is 0 Å². The Morgan fingerprint density at radius 1 is 0.422 bits per heavy atom. The standard InChI is InChI=1S/C61H63N3/c1-38-31-44(47-34-45(41-21-25-48(26-22-41)58(4,5)6)33-46(35-47)42-23-27-49(28-24-42)59(7,8)9)32-39(2)56(38)64-57(62-40(3)63-64)43-17-16-18-50(36-43)60(10,11)51-29-30-53-52-19-14-15-20-54(52)61(12,13)55(53)37-51/h14-37H,1-13H3. The summed E-state index contributed by atoms with van der Waals surface area (Å²) >= 11 is 0. The van der Waals surface area contributed by atoms with Crippen molar-refractivity contribution in [2.45, 2.75) is 112 Å². The van der Waals surface area contributed by atoms with Crippen molar-refractivity contribution in [1.82, 2.24) is 14.8 Å². The van der Waals surface area contributed by atoms with Gasteiger partial charge in [0.25, 0.3) is 0 Å². The summed E-state index contributed by atoms with van der Waals surface area (Å²) in [6.45, 7) is 29.4. The molecule has 0 aliphatic heterocycles. The summed E-state index contributed by atoms with van der Waals surface area (Å²) in [6.07, 6.45) is 0. The Morgan fingerprint density at radius 2 is 0.906 bits per heavy atom. The number of hydrogen-bond donors (Lipinski definition) is 0. The van der Waals surface area contributed by atoms with E-state index in [1.165, 1.54) is 77.9 Å².